The van der Waals surface area contributed by atoms with Gasteiger partial charge in [0, 0.05) is 27.4 Å². The number of carbonyl (C=O) groups is 1. The molecule has 0 bridgehead atoms. The molecule has 1 aliphatic carbocycles. The van der Waals surface area contributed by atoms with E-state index in [9.17, 15) is 4.79 Å². The zero-order valence-corrected chi connectivity index (χ0v) is 16.2. The van der Waals surface area contributed by atoms with Crippen molar-refractivity contribution in [1.82, 2.24) is 4.90 Å². The maximum absolute atomic E-state index is 12.9. The highest BCUT2D eigenvalue weighted by Gasteiger charge is 2.34. The lowest BCUT2D eigenvalue weighted by atomic mass is 9.93. The lowest BCUT2D eigenvalue weighted by molar-refractivity contribution is -0.647. The molecule has 2 aliphatic rings. The Hall–Kier alpha value is -1.07. The number of fused-ring (bicyclic) bond motifs is 1. The number of thiophene rings is 1. The number of benzene rings is 1. The molecule has 2 aromatic rings. The number of quaternary nitrogens is 1. The minimum absolute atomic E-state index is 0.110. The number of carbonyl (C=O) groups excluding carboxylic acids is 1. The molecule has 1 saturated carbocycles. The monoisotopic (exact) mass is 395 g/mol. The number of hydrogen-bond acceptors (Lipinski definition) is 2. The first kappa shape index (κ1) is 17.3. The van der Waals surface area contributed by atoms with Gasteiger partial charge in [-0.1, -0.05) is 29.3 Å². The Kier molecular flexibility index (Phi) is 5.05. The molecule has 2 N–H and O–H groups in total. The van der Waals surface area contributed by atoms with E-state index in [1.165, 1.54) is 23.3 Å². The second kappa shape index (κ2) is 7.28. The molecule has 2 heterocycles. The van der Waals surface area contributed by atoms with E-state index in [4.69, 9.17) is 23.2 Å². The molecule has 3 nitrogen and oxygen atoms in total. The van der Waals surface area contributed by atoms with Gasteiger partial charge >= 0.3 is 0 Å². The molecule has 1 amide bonds. The van der Waals surface area contributed by atoms with E-state index in [1.54, 1.807) is 17.4 Å². The zero-order valence-electron chi connectivity index (χ0n) is 13.9. The summed E-state index contributed by atoms with van der Waals surface area (Å²) in [6, 6.07) is 7.59. The van der Waals surface area contributed by atoms with Crippen molar-refractivity contribution >= 4 is 40.4 Å². The van der Waals surface area contributed by atoms with Gasteiger partial charge in [0.05, 0.1) is 12.6 Å². The van der Waals surface area contributed by atoms with Gasteiger partial charge in [0.25, 0.3) is 5.91 Å². The second-order valence-electron chi connectivity index (χ2n) is 6.88. The maximum Gasteiger partial charge on any atom is 0.278 e. The number of rotatable bonds is 5. The minimum atomic E-state index is -0.110. The van der Waals surface area contributed by atoms with E-state index in [0.717, 1.165) is 31.0 Å². The van der Waals surface area contributed by atoms with Crippen LogP contribution in [-0.4, -0.2) is 30.4 Å². The Morgan fingerprint density at radius 3 is 2.84 bits per heavy atom. The van der Waals surface area contributed by atoms with Gasteiger partial charge in [-0.3, -0.25) is 4.79 Å². The molecular weight excluding hydrogens is 375 g/mol. The molecule has 0 unspecified atom stereocenters. The van der Waals surface area contributed by atoms with Crippen LogP contribution in [0.1, 0.15) is 34.9 Å². The van der Waals surface area contributed by atoms with Crippen LogP contribution in [0.15, 0.2) is 29.6 Å². The van der Waals surface area contributed by atoms with Crippen molar-refractivity contribution in [2.24, 2.45) is 5.92 Å². The van der Waals surface area contributed by atoms with Crippen LogP contribution in [0, 0.1) is 5.92 Å². The van der Waals surface area contributed by atoms with Crippen molar-refractivity contribution < 1.29 is 10.1 Å². The fourth-order valence-electron chi connectivity index (χ4n) is 3.56. The number of halogens is 2. The molecule has 1 fully saturated rings. The Balaban J connectivity index is 1.61. The second-order valence-corrected chi connectivity index (χ2v) is 8.72. The summed E-state index contributed by atoms with van der Waals surface area (Å²) in [5, 5.41) is 5.50. The predicted molar refractivity (Wildman–Crippen MR) is 102 cm³/mol. The van der Waals surface area contributed by atoms with Gasteiger partial charge in [-0.25, -0.2) is 0 Å². The van der Waals surface area contributed by atoms with Crippen molar-refractivity contribution in [2.75, 3.05) is 19.6 Å². The molecule has 132 valence electrons. The van der Waals surface area contributed by atoms with Crippen LogP contribution in [0.4, 0.5) is 0 Å². The van der Waals surface area contributed by atoms with Gasteiger partial charge < -0.3 is 10.2 Å². The molecule has 1 aromatic heterocycles. The van der Waals surface area contributed by atoms with Crippen LogP contribution >= 0.6 is 34.5 Å². The number of hydrogen-bond donors (Lipinski definition) is 1. The van der Waals surface area contributed by atoms with E-state index in [2.05, 4.69) is 16.8 Å². The summed E-state index contributed by atoms with van der Waals surface area (Å²) in [5.74, 6) is 1.01. The van der Waals surface area contributed by atoms with E-state index >= 15 is 0 Å². The molecule has 1 aromatic carbocycles. The highest BCUT2D eigenvalue weighted by molar-refractivity contribution is 7.10. The van der Waals surface area contributed by atoms with Crippen molar-refractivity contribution in [1.29, 1.82) is 0 Å². The molecule has 1 aliphatic heterocycles. The van der Waals surface area contributed by atoms with Crippen molar-refractivity contribution in [3.05, 3.63) is 55.7 Å². The summed E-state index contributed by atoms with van der Waals surface area (Å²) in [4.78, 5) is 16.3. The van der Waals surface area contributed by atoms with Crippen LogP contribution in [-0.2, 0) is 11.2 Å². The smallest absolute Gasteiger partial charge is 0.278 e. The maximum atomic E-state index is 12.9. The number of amides is 1. The van der Waals surface area contributed by atoms with Gasteiger partial charge in [0.2, 0.25) is 0 Å². The fourth-order valence-corrected chi connectivity index (χ4v) is 4.97. The topological polar surface area (TPSA) is 36.9 Å². The van der Waals surface area contributed by atoms with Crippen molar-refractivity contribution in [3.63, 3.8) is 0 Å². The summed E-state index contributed by atoms with van der Waals surface area (Å²) in [6.45, 7) is 2.32. The van der Waals surface area contributed by atoms with E-state index in [0.29, 0.717) is 16.6 Å². The van der Waals surface area contributed by atoms with Gasteiger partial charge in [-0.05, 0) is 54.0 Å². The number of nitrogens with zero attached hydrogens (tertiary/aromatic N) is 1. The Bertz CT molecular complexity index is 787. The molecule has 0 saturated heterocycles. The summed E-state index contributed by atoms with van der Waals surface area (Å²) in [6.07, 6.45) is 3.55. The third-order valence-electron chi connectivity index (χ3n) is 5.06. The standard InChI is InChI=1S/C19H20Cl2N2OS/c20-13-3-4-14(16(21)9-13)19-15-6-8-25-17(15)5-7-23(19)18(24)11-22-10-12-1-2-12/h3-4,6,8-9,12,19,22H,1-2,5,7,10-11H2/p+1/t19-/m1/s1. The summed E-state index contributed by atoms with van der Waals surface area (Å²) < 4.78 is 0. The third-order valence-corrected chi connectivity index (χ3v) is 6.62. The summed E-state index contributed by atoms with van der Waals surface area (Å²) >= 11 is 14.3. The van der Waals surface area contributed by atoms with Gasteiger partial charge in [-0.15, -0.1) is 11.3 Å². The van der Waals surface area contributed by atoms with Crippen molar-refractivity contribution in [2.45, 2.75) is 25.3 Å². The third kappa shape index (κ3) is 3.72. The van der Waals surface area contributed by atoms with Gasteiger partial charge in [0.15, 0.2) is 6.54 Å². The minimum Gasteiger partial charge on any atom is -0.338 e. The lowest BCUT2D eigenvalue weighted by Crippen LogP contribution is -2.87. The molecule has 1 atom stereocenters. The average Bonchev–Trinajstić information content (AvgIpc) is 3.28. The molecule has 4 rings (SSSR count). The highest BCUT2D eigenvalue weighted by Crippen LogP contribution is 2.40. The zero-order chi connectivity index (χ0) is 17.4. The Morgan fingerprint density at radius 2 is 2.08 bits per heavy atom. The molecule has 25 heavy (non-hydrogen) atoms. The highest BCUT2D eigenvalue weighted by atomic mass is 35.5. The molecule has 0 radical (unpaired) electrons. The fraction of sp³-hybridized carbons (Fsp3) is 0.421. The van der Waals surface area contributed by atoms with Crippen molar-refractivity contribution in [3.8, 4) is 0 Å². The van der Waals surface area contributed by atoms with Crippen LogP contribution in [0.5, 0.6) is 0 Å². The first-order chi connectivity index (χ1) is 12.1. The quantitative estimate of drug-likeness (QED) is 0.825. The predicted octanol–water partition coefficient (Wildman–Crippen LogP) is 3.50. The first-order valence-electron chi connectivity index (χ1n) is 8.76. The molecule has 6 heteroatoms. The normalized spacial score (nSPS) is 19.8. The first-order valence-corrected chi connectivity index (χ1v) is 10.4. The van der Waals surface area contributed by atoms with Crippen LogP contribution < -0.4 is 5.32 Å². The Labute approximate surface area is 161 Å². The van der Waals surface area contributed by atoms with E-state index < -0.39 is 0 Å². The average molecular weight is 396 g/mol. The van der Waals surface area contributed by atoms with Crippen LogP contribution in [0.2, 0.25) is 10.0 Å². The molecular formula is C19H21Cl2N2OS+. The largest absolute Gasteiger partial charge is 0.338 e. The Morgan fingerprint density at radius 1 is 1.24 bits per heavy atom. The van der Waals surface area contributed by atoms with Gasteiger partial charge in [-0.2, -0.15) is 0 Å². The van der Waals surface area contributed by atoms with Crippen LogP contribution in [0.3, 0.4) is 0 Å². The summed E-state index contributed by atoms with van der Waals surface area (Å²) in [7, 11) is 0. The number of nitrogens with two attached hydrogens (primary N) is 1. The SMILES string of the molecule is O=C(C[NH2+]CC1CC1)N1CCc2sccc2[C@H]1c1ccc(Cl)cc1Cl. The lowest BCUT2D eigenvalue weighted by Gasteiger charge is -2.36. The van der Waals surface area contributed by atoms with Gasteiger partial charge in [0.1, 0.15) is 0 Å². The molecule has 0 spiro atoms. The summed E-state index contributed by atoms with van der Waals surface area (Å²) in [5.41, 5.74) is 2.16. The van der Waals surface area contributed by atoms with Crippen LogP contribution in [0.25, 0.3) is 0 Å². The van der Waals surface area contributed by atoms with E-state index in [1.807, 2.05) is 17.0 Å². The van der Waals surface area contributed by atoms with E-state index in [-0.39, 0.29) is 11.9 Å².